The van der Waals surface area contributed by atoms with Gasteiger partial charge in [-0.25, -0.2) is 4.39 Å². The third kappa shape index (κ3) is 3.98. The minimum absolute atomic E-state index is 0.0201. The predicted octanol–water partition coefficient (Wildman–Crippen LogP) is 4.39. The van der Waals surface area contributed by atoms with Gasteiger partial charge in [-0.2, -0.15) is 18.4 Å². The largest absolute Gasteiger partial charge is 0.418 e. The van der Waals surface area contributed by atoms with Crippen molar-refractivity contribution >= 4 is 17.7 Å². The number of amides is 1. The summed E-state index contributed by atoms with van der Waals surface area (Å²) in [5.41, 5.74) is -2.06. The lowest BCUT2D eigenvalue weighted by molar-refractivity contribution is -0.137. The number of alkyl halides is 3. The number of nitriles is 1. The molecule has 0 aromatic heterocycles. The van der Waals surface area contributed by atoms with Gasteiger partial charge in [0.25, 0.3) is 5.91 Å². The number of para-hydroxylation sites is 1. The Bertz CT molecular complexity index is 835. The molecule has 2 rings (SSSR count). The Hall–Kier alpha value is -3.14. The average Bonchev–Trinajstić information content (AvgIpc) is 2.53. The molecule has 122 valence electrons. The van der Waals surface area contributed by atoms with Crippen LogP contribution in [-0.4, -0.2) is 5.91 Å². The van der Waals surface area contributed by atoms with Crippen LogP contribution in [0, 0.1) is 17.1 Å². The van der Waals surface area contributed by atoms with E-state index in [-0.39, 0.29) is 5.56 Å². The maximum atomic E-state index is 13.6. The number of hydrogen-bond acceptors (Lipinski definition) is 2. The number of rotatable bonds is 3. The quantitative estimate of drug-likeness (QED) is 0.514. The van der Waals surface area contributed by atoms with Crippen molar-refractivity contribution in [2.75, 3.05) is 5.32 Å². The van der Waals surface area contributed by atoms with Crippen molar-refractivity contribution in [3.63, 3.8) is 0 Å². The molecular formula is C17H10F4N2O. The van der Waals surface area contributed by atoms with Crippen LogP contribution < -0.4 is 5.32 Å². The number of nitrogens with zero attached hydrogens (tertiary/aromatic N) is 1. The molecule has 0 bridgehead atoms. The maximum Gasteiger partial charge on any atom is 0.418 e. The molecule has 0 saturated heterocycles. The third-order valence-corrected chi connectivity index (χ3v) is 3.05. The monoisotopic (exact) mass is 334 g/mol. The van der Waals surface area contributed by atoms with Gasteiger partial charge in [0.1, 0.15) is 17.5 Å². The van der Waals surface area contributed by atoms with Crippen molar-refractivity contribution in [1.29, 1.82) is 5.26 Å². The maximum absolute atomic E-state index is 13.6. The fourth-order valence-corrected chi connectivity index (χ4v) is 1.93. The van der Waals surface area contributed by atoms with Crippen LogP contribution in [0.3, 0.4) is 0 Å². The molecule has 2 aromatic rings. The predicted molar refractivity (Wildman–Crippen MR) is 80.1 cm³/mol. The van der Waals surface area contributed by atoms with Crippen LogP contribution in [0.15, 0.2) is 54.1 Å². The van der Waals surface area contributed by atoms with Crippen LogP contribution in [0.5, 0.6) is 0 Å². The van der Waals surface area contributed by atoms with E-state index in [1.165, 1.54) is 30.3 Å². The summed E-state index contributed by atoms with van der Waals surface area (Å²) in [6, 6.07) is 11.3. The number of anilines is 1. The number of carbonyl (C=O) groups excluding carboxylic acids is 1. The Kier molecular flexibility index (Phi) is 4.99. The molecule has 1 amide bonds. The molecule has 24 heavy (non-hydrogen) atoms. The lowest BCUT2D eigenvalue weighted by Crippen LogP contribution is -2.17. The fourth-order valence-electron chi connectivity index (χ4n) is 1.93. The highest BCUT2D eigenvalue weighted by molar-refractivity contribution is 6.10. The molecule has 0 radical (unpaired) electrons. The van der Waals surface area contributed by atoms with E-state index in [0.29, 0.717) is 0 Å². The molecule has 0 aliphatic carbocycles. The highest BCUT2D eigenvalue weighted by Crippen LogP contribution is 2.34. The smallest absolute Gasteiger partial charge is 0.321 e. The zero-order valence-electron chi connectivity index (χ0n) is 12.1. The van der Waals surface area contributed by atoms with Gasteiger partial charge in [0.05, 0.1) is 11.3 Å². The molecular weight excluding hydrogens is 324 g/mol. The number of carbonyl (C=O) groups is 1. The Labute approximate surface area is 134 Å². The Morgan fingerprint density at radius 1 is 1.08 bits per heavy atom. The van der Waals surface area contributed by atoms with Crippen molar-refractivity contribution in [3.8, 4) is 6.07 Å². The second-order valence-electron chi connectivity index (χ2n) is 4.69. The molecule has 7 heteroatoms. The number of hydrogen-bond donors (Lipinski definition) is 1. The van der Waals surface area contributed by atoms with Gasteiger partial charge in [-0.3, -0.25) is 4.79 Å². The zero-order chi connectivity index (χ0) is 17.7. The molecule has 0 fully saturated rings. The molecule has 0 unspecified atom stereocenters. The second-order valence-corrected chi connectivity index (χ2v) is 4.69. The number of nitrogens with one attached hydrogen (secondary N) is 1. The Morgan fingerprint density at radius 3 is 2.33 bits per heavy atom. The first-order valence-electron chi connectivity index (χ1n) is 6.67. The van der Waals surface area contributed by atoms with Crippen molar-refractivity contribution in [3.05, 3.63) is 71.0 Å². The minimum Gasteiger partial charge on any atom is -0.321 e. The van der Waals surface area contributed by atoms with Gasteiger partial charge in [0, 0.05) is 5.56 Å². The van der Waals surface area contributed by atoms with Crippen LogP contribution in [0.2, 0.25) is 0 Å². The summed E-state index contributed by atoms with van der Waals surface area (Å²) in [5.74, 6) is -1.72. The molecule has 0 atom stereocenters. The molecule has 0 saturated carbocycles. The molecule has 3 nitrogen and oxygen atoms in total. The Balaban J connectivity index is 2.33. The summed E-state index contributed by atoms with van der Waals surface area (Å²) in [7, 11) is 0. The van der Waals surface area contributed by atoms with E-state index in [1.807, 2.05) is 5.32 Å². The summed E-state index contributed by atoms with van der Waals surface area (Å²) in [6.45, 7) is 0. The summed E-state index contributed by atoms with van der Waals surface area (Å²) in [5, 5.41) is 11.1. The van der Waals surface area contributed by atoms with Crippen molar-refractivity contribution in [2.45, 2.75) is 6.18 Å². The topological polar surface area (TPSA) is 52.9 Å². The third-order valence-electron chi connectivity index (χ3n) is 3.05. The normalized spacial score (nSPS) is 11.7. The average molecular weight is 334 g/mol. The van der Waals surface area contributed by atoms with E-state index in [1.54, 1.807) is 6.07 Å². The molecule has 1 N–H and O–H groups in total. The van der Waals surface area contributed by atoms with E-state index in [2.05, 4.69) is 0 Å². The molecule has 2 aromatic carbocycles. The van der Waals surface area contributed by atoms with Gasteiger partial charge in [-0.1, -0.05) is 30.3 Å². The first kappa shape index (κ1) is 17.2. The van der Waals surface area contributed by atoms with E-state index >= 15 is 0 Å². The molecule has 0 spiro atoms. The van der Waals surface area contributed by atoms with Crippen LogP contribution >= 0.6 is 0 Å². The van der Waals surface area contributed by atoms with Gasteiger partial charge < -0.3 is 5.32 Å². The van der Waals surface area contributed by atoms with E-state index in [9.17, 15) is 22.4 Å². The van der Waals surface area contributed by atoms with Crippen molar-refractivity contribution < 1.29 is 22.4 Å². The van der Waals surface area contributed by atoms with E-state index in [0.717, 1.165) is 24.3 Å². The highest BCUT2D eigenvalue weighted by atomic mass is 19.4. The first-order chi connectivity index (χ1) is 11.3. The highest BCUT2D eigenvalue weighted by Gasteiger charge is 2.33. The number of halogens is 4. The van der Waals surface area contributed by atoms with Crippen molar-refractivity contribution in [1.82, 2.24) is 0 Å². The minimum atomic E-state index is -4.66. The van der Waals surface area contributed by atoms with E-state index < -0.39 is 34.7 Å². The number of benzene rings is 2. The fraction of sp³-hybridized carbons (Fsp3) is 0.0588. The second kappa shape index (κ2) is 6.96. The van der Waals surface area contributed by atoms with E-state index in [4.69, 9.17) is 5.26 Å². The van der Waals surface area contributed by atoms with Crippen LogP contribution in [0.4, 0.5) is 23.2 Å². The summed E-state index contributed by atoms with van der Waals surface area (Å²) in [4.78, 5) is 12.0. The van der Waals surface area contributed by atoms with Gasteiger partial charge in [-0.05, 0) is 24.3 Å². The summed E-state index contributed by atoms with van der Waals surface area (Å²) < 4.78 is 52.3. The summed E-state index contributed by atoms with van der Waals surface area (Å²) in [6.07, 6.45) is -3.69. The Morgan fingerprint density at radius 2 is 1.71 bits per heavy atom. The van der Waals surface area contributed by atoms with Gasteiger partial charge in [0.15, 0.2) is 0 Å². The van der Waals surface area contributed by atoms with Crippen LogP contribution in [0.25, 0.3) is 6.08 Å². The molecule has 0 aliphatic rings. The zero-order valence-corrected chi connectivity index (χ0v) is 12.1. The SMILES string of the molecule is N#C/C(=C\c1ccccc1F)C(=O)Nc1ccccc1C(F)(F)F. The lowest BCUT2D eigenvalue weighted by Gasteiger charge is -2.13. The standard InChI is InChI=1S/C17H10F4N2O/c18-14-7-3-1-5-11(14)9-12(10-22)16(24)23-15-8-4-2-6-13(15)17(19,20)21/h1-9H,(H,23,24)/b12-9+. The van der Waals surface area contributed by atoms with Gasteiger partial charge in [-0.15, -0.1) is 0 Å². The van der Waals surface area contributed by atoms with Crippen LogP contribution in [-0.2, 0) is 11.0 Å². The van der Waals surface area contributed by atoms with Gasteiger partial charge >= 0.3 is 6.18 Å². The molecule has 0 heterocycles. The summed E-state index contributed by atoms with van der Waals surface area (Å²) >= 11 is 0. The first-order valence-corrected chi connectivity index (χ1v) is 6.67. The lowest BCUT2D eigenvalue weighted by atomic mass is 10.1. The molecule has 0 aliphatic heterocycles. The van der Waals surface area contributed by atoms with Crippen LogP contribution in [0.1, 0.15) is 11.1 Å². The van der Waals surface area contributed by atoms with Crippen molar-refractivity contribution in [2.24, 2.45) is 0 Å². The van der Waals surface area contributed by atoms with Gasteiger partial charge in [0.2, 0.25) is 0 Å².